The lowest BCUT2D eigenvalue weighted by Crippen LogP contribution is -2.48. The monoisotopic (exact) mass is 410 g/mol. The van der Waals surface area contributed by atoms with E-state index in [1.165, 1.54) is 0 Å². The van der Waals surface area contributed by atoms with Crippen LogP contribution in [0.1, 0.15) is 90.2 Å². The van der Waals surface area contributed by atoms with Crippen LogP contribution in [-0.4, -0.2) is 23.1 Å². The molecule has 0 radical (unpaired) electrons. The van der Waals surface area contributed by atoms with Gasteiger partial charge in [0, 0.05) is 31.6 Å². The number of hydrogen-bond donors (Lipinski definition) is 0. The van der Waals surface area contributed by atoms with Crippen molar-refractivity contribution in [2.45, 2.75) is 79.1 Å². The Morgan fingerprint density at radius 3 is 1.23 bits per heavy atom. The minimum Gasteiger partial charge on any atom is -0.299 e. The van der Waals surface area contributed by atoms with Crippen molar-refractivity contribution in [3.05, 3.63) is 35.4 Å². The van der Waals surface area contributed by atoms with Gasteiger partial charge >= 0.3 is 0 Å². The van der Waals surface area contributed by atoms with Crippen molar-refractivity contribution in [1.82, 2.24) is 0 Å². The van der Waals surface area contributed by atoms with Crippen molar-refractivity contribution >= 4 is 23.1 Å². The molecule has 0 aromatic heterocycles. The topological polar surface area (TPSA) is 68.3 Å². The summed E-state index contributed by atoms with van der Waals surface area (Å²) in [6.07, 6.45) is 1.18. The second-order valence-corrected chi connectivity index (χ2v) is 11.2. The SMILES string of the molecule is CC(C)c1ccc(C(C2C(=O)CC(C)(C)CC2=O)C2C(=O)CC(C)(C)CC2=O)cc1. The Morgan fingerprint density at radius 2 is 0.933 bits per heavy atom. The fraction of sp³-hybridized carbons (Fsp3) is 0.615. The highest BCUT2D eigenvalue weighted by Gasteiger charge is 2.52. The van der Waals surface area contributed by atoms with Crippen molar-refractivity contribution in [2.75, 3.05) is 0 Å². The fourth-order valence-electron chi connectivity index (χ4n) is 5.29. The van der Waals surface area contributed by atoms with Gasteiger partial charge in [0.1, 0.15) is 23.1 Å². The smallest absolute Gasteiger partial charge is 0.144 e. The highest BCUT2D eigenvalue weighted by Crippen LogP contribution is 2.47. The minimum atomic E-state index is -0.915. The van der Waals surface area contributed by atoms with Crippen LogP contribution in [-0.2, 0) is 19.2 Å². The van der Waals surface area contributed by atoms with E-state index in [1.54, 1.807) is 0 Å². The third-order valence-electron chi connectivity index (χ3n) is 6.70. The second-order valence-electron chi connectivity index (χ2n) is 11.2. The first kappa shape index (κ1) is 22.6. The Kier molecular flexibility index (Phi) is 5.92. The summed E-state index contributed by atoms with van der Waals surface area (Å²) in [5.74, 6) is -2.74. The summed E-state index contributed by atoms with van der Waals surface area (Å²) >= 11 is 0. The predicted molar refractivity (Wildman–Crippen MR) is 116 cm³/mol. The van der Waals surface area contributed by atoms with Crippen molar-refractivity contribution in [3.63, 3.8) is 0 Å². The summed E-state index contributed by atoms with van der Waals surface area (Å²) < 4.78 is 0. The van der Waals surface area contributed by atoms with Gasteiger partial charge in [0.2, 0.25) is 0 Å². The molecule has 0 atom stereocenters. The van der Waals surface area contributed by atoms with Gasteiger partial charge in [0.25, 0.3) is 0 Å². The molecule has 30 heavy (non-hydrogen) atoms. The quantitative estimate of drug-likeness (QED) is 0.652. The number of rotatable bonds is 4. The standard InChI is InChI=1S/C26H34O4/c1-15(2)16-7-9-17(10-8-16)22(23-18(27)11-25(3,4)12-19(23)28)24-20(29)13-26(5,6)14-21(24)30/h7-10,15,22-24H,11-14H2,1-6H3. The Morgan fingerprint density at radius 1 is 0.633 bits per heavy atom. The molecule has 2 saturated carbocycles. The van der Waals surface area contributed by atoms with Crippen molar-refractivity contribution in [1.29, 1.82) is 0 Å². The van der Waals surface area contributed by atoms with E-state index in [0.717, 1.165) is 11.1 Å². The molecule has 4 nitrogen and oxygen atoms in total. The van der Waals surface area contributed by atoms with Gasteiger partial charge in [-0.1, -0.05) is 65.8 Å². The third kappa shape index (κ3) is 4.48. The first-order chi connectivity index (χ1) is 13.8. The molecular weight excluding hydrogens is 376 g/mol. The molecule has 4 heteroatoms. The van der Waals surface area contributed by atoms with E-state index < -0.39 is 17.8 Å². The number of carbonyl (C=O) groups is 4. The van der Waals surface area contributed by atoms with Crippen LogP contribution in [0.3, 0.4) is 0 Å². The Bertz CT molecular complexity index is 785. The lowest BCUT2D eigenvalue weighted by Gasteiger charge is -2.41. The van der Waals surface area contributed by atoms with Gasteiger partial charge in [-0.05, 0) is 27.9 Å². The molecule has 0 amide bonds. The average Bonchev–Trinajstić information content (AvgIpc) is 2.57. The van der Waals surface area contributed by atoms with E-state index in [9.17, 15) is 19.2 Å². The summed E-state index contributed by atoms with van der Waals surface area (Å²) in [5, 5.41) is 0. The molecule has 2 aliphatic rings. The molecule has 0 saturated heterocycles. The van der Waals surface area contributed by atoms with Crippen LogP contribution < -0.4 is 0 Å². The molecule has 0 heterocycles. The maximum atomic E-state index is 13.2. The maximum absolute atomic E-state index is 13.2. The highest BCUT2D eigenvalue weighted by atomic mass is 16.2. The third-order valence-corrected chi connectivity index (χ3v) is 6.70. The molecule has 0 unspecified atom stereocenters. The summed E-state index contributed by atoms with van der Waals surface area (Å²) in [4.78, 5) is 52.6. The summed E-state index contributed by atoms with van der Waals surface area (Å²) in [6, 6.07) is 7.77. The molecule has 3 rings (SSSR count). The normalized spacial score (nSPS) is 22.9. The first-order valence-corrected chi connectivity index (χ1v) is 11.0. The lowest BCUT2D eigenvalue weighted by atomic mass is 9.59. The summed E-state index contributed by atoms with van der Waals surface area (Å²) in [5.41, 5.74) is 1.14. The van der Waals surface area contributed by atoms with Gasteiger partial charge < -0.3 is 0 Å². The largest absolute Gasteiger partial charge is 0.299 e. The number of hydrogen-bond acceptors (Lipinski definition) is 4. The zero-order valence-electron chi connectivity index (χ0n) is 19.1. The molecule has 162 valence electrons. The first-order valence-electron chi connectivity index (χ1n) is 11.0. The van der Waals surface area contributed by atoms with Crippen LogP contribution in [0.15, 0.2) is 24.3 Å². The number of Topliss-reactive ketones (excluding diaryl/α,β-unsaturated/α-hetero) is 4. The number of carbonyl (C=O) groups excluding carboxylic acids is 4. The van der Waals surface area contributed by atoms with Crippen LogP contribution in [0.5, 0.6) is 0 Å². The molecule has 0 bridgehead atoms. The summed E-state index contributed by atoms with van der Waals surface area (Å²) in [6.45, 7) is 11.9. The number of ketones is 4. The molecule has 2 aliphatic carbocycles. The van der Waals surface area contributed by atoms with E-state index in [-0.39, 0.29) is 34.0 Å². The van der Waals surface area contributed by atoms with Crippen LogP contribution in [0.2, 0.25) is 0 Å². The Labute approximate surface area is 179 Å². The molecule has 0 N–H and O–H groups in total. The predicted octanol–water partition coefficient (Wildman–Crippen LogP) is 5.04. The molecule has 0 spiro atoms. The zero-order chi connectivity index (χ0) is 22.4. The second kappa shape index (κ2) is 7.86. The van der Waals surface area contributed by atoms with Crippen LogP contribution in [0.4, 0.5) is 0 Å². The fourth-order valence-corrected chi connectivity index (χ4v) is 5.29. The zero-order valence-corrected chi connectivity index (χ0v) is 19.1. The average molecular weight is 411 g/mol. The van der Waals surface area contributed by atoms with Crippen molar-refractivity contribution in [2.24, 2.45) is 22.7 Å². The molecule has 1 aromatic carbocycles. The van der Waals surface area contributed by atoms with E-state index in [2.05, 4.69) is 13.8 Å². The Hall–Kier alpha value is -2.10. The van der Waals surface area contributed by atoms with Gasteiger partial charge in [0.05, 0.1) is 11.8 Å². The van der Waals surface area contributed by atoms with Gasteiger partial charge in [0.15, 0.2) is 0 Å². The van der Waals surface area contributed by atoms with Crippen molar-refractivity contribution in [3.8, 4) is 0 Å². The molecule has 0 aliphatic heterocycles. The van der Waals surface area contributed by atoms with E-state index in [0.29, 0.717) is 31.6 Å². The molecule has 1 aromatic rings. The summed E-state index contributed by atoms with van der Waals surface area (Å²) in [7, 11) is 0. The van der Waals surface area contributed by atoms with Crippen LogP contribution >= 0.6 is 0 Å². The van der Waals surface area contributed by atoms with Crippen molar-refractivity contribution < 1.29 is 19.2 Å². The van der Waals surface area contributed by atoms with Gasteiger partial charge in [-0.25, -0.2) is 0 Å². The molecular formula is C26H34O4. The van der Waals surface area contributed by atoms with Gasteiger partial charge in [-0.3, -0.25) is 19.2 Å². The molecule has 2 fully saturated rings. The van der Waals surface area contributed by atoms with Crippen LogP contribution in [0.25, 0.3) is 0 Å². The minimum absolute atomic E-state index is 0.139. The van der Waals surface area contributed by atoms with Gasteiger partial charge in [-0.2, -0.15) is 0 Å². The maximum Gasteiger partial charge on any atom is 0.144 e. The van der Waals surface area contributed by atoms with E-state index >= 15 is 0 Å². The van der Waals surface area contributed by atoms with E-state index in [4.69, 9.17) is 0 Å². The Balaban J connectivity index is 2.08. The lowest BCUT2D eigenvalue weighted by molar-refractivity contribution is -0.145. The van der Waals surface area contributed by atoms with Crippen LogP contribution in [0, 0.1) is 22.7 Å². The number of benzene rings is 1. The van der Waals surface area contributed by atoms with E-state index in [1.807, 2.05) is 52.0 Å². The van der Waals surface area contributed by atoms with Gasteiger partial charge in [-0.15, -0.1) is 0 Å². The highest BCUT2D eigenvalue weighted by molar-refractivity contribution is 6.11.